The minimum absolute atomic E-state index is 0. The summed E-state index contributed by atoms with van der Waals surface area (Å²) >= 11 is 0. The molecular weight excluding hydrogens is 339 g/mol. The van der Waals surface area contributed by atoms with Crippen molar-refractivity contribution < 1.29 is 63.5 Å². The fraction of sp³-hybridized carbons (Fsp3) is 0.500. The van der Waals surface area contributed by atoms with E-state index < -0.39 is 18.4 Å². The number of carbonyl (C=O) groups excluding carboxylic acids is 2. The second kappa shape index (κ2) is 6.66. The molecule has 0 atom stereocenters. The van der Waals surface area contributed by atoms with Crippen LogP contribution in [0, 0.1) is 44.1 Å². The quantitative estimate of drug-likeness (QED) is 0.500. The first-order valence-corrected chi connectivity index (χ1v) is 1.94. The van der Waals surface area contributed by atoms with Crippen LogP contribution in [0.1, 0.15) is 0 Å². The maximum Gasteiger partial charge on any atom is 0.376 e. The predicted molar refractivity (Wildman–Crippen MR) is 24.1 cm³/mol. The summed E-state index contributed by atoms with van der Waals surface area (Å²) in [6.07, 6.45) is 0. The second-order valence-electron chi connectivity index (χ2n) is 1.07. The maximum absolute atomic E-state index is 10.0. The van der Waals surface area contributed by atoms with E-state index >= 15 is 0 Å². The van der Waals surface area contributed by atoms with E-state index in [1.54, 1.807) is 0 Å². The molecule has 1 radical (unpaired) electrons. The van der Waals surface area contributed by atoms with Gasteiger partial charge in [0, 0.05) is 44.1 Å². The van der Waals surface area contributed by atoms with Crippen LogP contribution in [0.3, 0.4) is 0 Å². The summed E-state index contributed by atoms with van der Waals surface area (Å²) in [6.45, 7) is -0.785. The van der Waals surface area contributed by atoms with Gasteiger partial charge in [-0.2, -0.15) is 0 Å². The van der Waals surface area contributed by atoms with Crippen LogP contribution in [0.4, 0.5) is 0 Å². The van der Waals surface area contributed by atoms with Crippen molar-refractivity contribution in [3.8, 4) is 0 Å². The Balaban J connectivity index is 0. The summed E-state index contributed by atoms with van der Waals surface area (Å²) in [5.74, 6) is -1.93. The molecule has 0 saturated heterocycles. The molecular formula is C4H6AcO4. The van der Waals surface area contributed by atoms with E-state index in [4.69, 9.17) is 5.11 Å². The predicted octanol–water partition coefficient (Wildman–Crippen LogP) is -1.28. The van der Waals surface area contributed by atoms with E-state index in [1.807, 2.05) is 0 Å². The van der Waals surface area contributed by atoms with Gasteiger partial charge in [0.15, 0.2) is 0 Å². The first kappa shape index (κ1) is 12.2. The van der Waals surface area contributed by atoms with Crippen molar-refractivity contribution in [3.05, 3.63) is 0 Å². The average molecular weight is 345 g/mol. The Morgan fingerprint density at radius 3 is 2.11 bits per heavy atom. The van der Waals surface area contributed by atoms with E-state index in [0.717, 1.165) is 7.11 Å². The molecule has 0 amide bonds. The molecule has 0 fully saturated rings. The summed E-state index contributed by atoms with van der Waals surface area (Å²) in [5, 5.41) is 7.99. The third kappa shape index (κ3) is 5.01. The normalized spacial score (nSPS) is 7.33. The molecule has 0 aromatic rings. The van der Waals surface area contributed by atoms with Crippen molar-refractivity contribution in [2.24, 2.45) is 0 Å². The number of rotatable bonds is 2. The van der Waals surface area contributed by atoms with Crippen LogP contribution >= 0.6 is 0 Å². The van der Waals surface area contributed by atoms with E-state index in [2.05, 4.69) is 4.74 Å². The standard InChI is InChI=1S/C4H6O4.Ac/c1-8-4(7)3(6)2-5;/h5H,2H2,1H3;. The number of carbonyl (C=O) groups is 2. The third-order valence-corrected chi connectivity index (χ3v) is 0.557. The van der Waals surface area contributed by atoms with Crippen molar-refractivity contribution in [1.29, 1.82) is 0 Å². The third-order valence-electron chi connectivity index (χ3n) is 0.557. The fourth-order valence-corrected chi connectivity index (χ4v) is 0.178. The molecule has 5 heteroatoms. The number of Topliss-reactive ketones (excluding diaryl/α,β-unsaturated/α-hetero) is 1. The maximum atomic E-state index is 10.0. The van der Waals surface area contributed by atoms with Crippen LogP contribution in [0.2, 0.25) is 0 Å². The van der Waals surface area contributed by atoms with Crippen LogP contribution in [0.25, 0.3) is 0 Å². The summed E-state index contributed by atoms with van der Waals surface area (Å²) < 4.78 is 3.95. The van der Waals surface area contributed by atoms with Crippen molar-refractivity contribution >= 4 is 11.8 Å². The fourth-order valence-electron chi connectivity index (χ4n) is 0.178. The zero-order valence-electron chi connectivity index (χ0n) is 4.96. The largest absolute Gasteiger partial charge is 0.463 e. The Labute approximate surface area is 88.1 Å². The molecule has 9 heavy (non-hydrogen) atoms. The summed E-state index contributed by atoms with van der Waals surface area (Å²) in [7, 11) is 1.08. The zero-order chi connectivity index (χ0) is 6.57. The van der Waals surface area contributed by atoms with E-state index in [9.17, 15) is 9.59 Å². The number of ether oxygens (including phenoxy) is 1. The van der Waals surface area contributed by atoms with Crippen LogP contribution in [-0.2, 0) is 14.3 Å². The molecule has 0 aliphatic carbocycles. The Morgan fingerprint density at radius 2 is 2.00 bits per heavy atom. The molecule has 0 aromatic carbocycles. The van der Waals surface area contributed by atoms with Crippen LogP contribution in [0.5, 0.6) is 0 Å². The minimum Gasteiger partial charge on any atom is -0.463 e. The van der Waals surface area contributed by atoms with E-state index in [-0.39, 0.29) is 44.1 Å². The molecule has 1 N–H and O–H groups in total. The molecule has 0 spiro atoms. The summed E-state index contributed by atoms with van der Waals surface area (Å²) in [5.41, 5.74) is 0. The molecule has 0 aromatic heterocycles. The molecule has 0 heterocycles. The minimum atomic E-state index is -1.01. The Kier molecular flexibility index (Phi) is 9.06. The number of hydrogen-bond donors (Lipinski definition) is 1. The van der Waals surface area contributed by atoms with Crippen LogP contribution in [-0.4, -0.2) is 30.6 Å². The van der Waals surface area contributed by atoms with Gasteiger partial charge in [-0.25, -0.2) is 4.79 Å². The summed E-state index contributed by atoms with van der Waals surface area (Å²) in [4.78, 5) is 20.0. The van der Waals surface area contributed by atoms with Gasteiger partial charge in [0.1, 0.15) is 6.61 Å². The van der Waals surface area contributed by atoms with Gasteiger partial charge in [-0.1, -0.05) is 0 Å². The molecule has 0 rings (SSSR count). The average Bonchev–Trinajstić information content (AvgIpc) is 1.84. The van der Waals surface area contributed by atoms with Crippen LogP contribution < -0.4 is 0 Å². The number of aliphatic hydroxyl groups is 1. The zero-order valence-corrected chi connectivity index (χ0v) is 9.70. The second-order valence-corrected chi connectivity index (χ2v) is 1.07. The monoisotopic (exact) mass is 345 g/mol. The Hall–Kier alpha value is 0.542. The van der Waals surface area contributed by atoms with Gasteiger partial charge < -0.3 is 9.84 Å². The number of hydrogen-bond acceptors (Lipinski definition) is 4. The molecule has 4 nitrogen and oxygen atoms in total. The Morgan fingerprint density at radius 1 is 1.56 bits per heavy atom. The first-order valence-electron chi connectivity index (χ1n) is 1.94. The number of esters is 1. The molecule has 0 unspecified atom stereocenters. The molecule has 0 aliphatic heterocycles. The first-order chi connectivity index (χ1) is 3.72. The van der Waals surface area contributed by atoms with E-state index in [1.165, 1.54) is 0 Å². The topological polar surface area (TPSA) is 63.6 Å². The van der Waals surface area contributed by atoms with Gasteiger partial charge in [-0.3, -0.25) is 4.79 Å². The van der Waals surface area contributed by atoms with Crippen LogP contribution in [0.15, 0.2) is 0 Å². The van der Waals surface area contributed by atoms with Gasteiger partial charge in [-0.15, -0.1) is 0 Å². The van der Waals surface area contributed by atoms with Gasteiger partial charge in [-0.05, 0) is 0 Å². The van der Waals surface area contributed by atoms with Crippen molar-refractivity contribution in [2.45, 2.75) is 0 Å². The van der Waals surface area contributed by atoms with Gasteiger partial charge in [0.05, 0.1) is 7.11 Å². The van der Waals surface area contributed by atoms with Crippen molar-refractivity contribution in [1.82, 2.24) is 0 Å². The Bertz CT molecular complexity index is 97.1. The van der Waals surface area contributed by atoms with Gasteiger partial charge in [0.2, 0.25) is 0 Å². The number of methoxy groups -OCH3 is 1. The van der Waals surface area contributed by atoms with Crippen molar-refractivity contribution in [2.75, 3.05) is 13.7 Å². The molecule has 49 valence electrons. The van der Waals surface area contributed by atoms with Gasteiger partial charge >= 0.3 is 5.97 Å². The number of ketones is 1. The smallest absolute Gasteiger partial charge is 0.376 e. The molecule has 0 saturated carbocycles. The summed E-state index contributed by atoms with van der Waals surface area (Å²) in [6, 6.07) is 0. The SMILES string of the molecule is COC(=O)C(=O)CO.[Ac]. The van der Waals surface area contributed by atoms with Gasteiger partial charge in [0.25, 0.3) is 5.78 Å². The molecule has 0 bridgehead atoms. The van der Waals surface area contributed by atoms with E-state index in [0.29, 0.717) is 0 Å². The van der Waals surface area contributed by atoms with Crippen molar-refractivity contribution in [3.63, 3.8) is 0 Å². The number of aliphatic hydroxyl groups excluding tert-OH is 1. The molecule has 0 aliphatic rings.